The molecule has 6 heteroatoms. The summed E-state index contributed by atoms with van der Waals surface area (Å²) < 4.78 is 15.2. The van der Waals surface area contributed by atoms with Gasteiger partial charge in [0.25, 0.3) is 0 Å². The van der Waals surface area contributed by atoms with E-state index < -0.39 is 0 Å². The third-order valence-corrected chi connectivity index (χ3v) is 4.74. The molecule has 0 aliphatic heterocycles. The third-order valence-electron chi connectivity index (χ3n) is 3.20. The van der Waals surface area contributed by atoms with Crippen LogP contribution in [0, 0.1) is 19.7 Å². The Morgan fingerprint density at radius 3 is 2.71 bits per heavy atom. The number of nitrogens with two attached hydrogens (primary N) is 1. The van der Waals surface area contributed by atoms with Crippen LogP contribution in [0.15, 0.2) is 28.7 Å². The first-order valence-electron chi connectivity index (χ1n) is 6.33. The van der Waals surface area contributed by atoms with Crippen molar-refractivity contribution in [2.24, 2.45) is 0 Å². The number of hydrogen-bond acceptors (Lipinski definition) is 4. The van der Waals surface area contributed by atoms with Crippen LogP contribution in [0.2, 0.25) is 0 Å². The zero-order chi connectivity index (χ0) is 15.1. The lowest BCUT2D eigenvalue weighted by Gasteiger charge is -2.12. The molecular weight excluding hydrogens is 353 g/mol. The topological polar surface area (TPSA) is 50.9 Å². The molecule has 1 aromatic heterocycles. The Hall–Kier alpha value is -1.66. The van der Waals surface area contributed by atoms with Gasteiger partial charge in [0.2, 0.25) is 0 Å². The minimum Gasteiger partial charge on any atom is -0.397 e. The average molecular weight is 366 g/mol. The van der Waals surface area contributed by atoms with E-state index in [9.17, 15) is 4.39 Å². The molecule has 0 saturated carbocycles. The fourth-order valence-corrected chi connectivity index (χ4v) is 3.45. The largest absolute Gasteiger partial charge is 0.397 e. The van der Waals surface area contributed by atoms with E-state index in [0.717, 1.165) is 26.5 Å². The summed E-state index contributed by atoms with van der Waals surface area (Å²) >= 11 is 4.78. The van der Waals surface area contributed by atoms with Crippen molar-refractivity contribution < 1.29 is 4.39 Å². The summed E-state index contributed by atoms with van der Waals surface area (Å²) in [5.41, 5.74) is 9.94. The molecule has 2 aromatic carbocycles. The first-order valence-corrected chi connectivity index (χ1v) is 7.94. The zero-order valence-electron chi connectivity index (χ0n) is 11.5. The van der Waals surface area contributed by atoms with Crippen LogP contribution in [0.1, 0.15) is 10.6 Å². The van der Waals surface area contributed by atoms with Gasteiger partial charge in [0.05, 0.1) is 31.1 Å². The molecule has 0 spiro atoms. The molecule has 0 unspecified atom stereocenters. The SMILES string of the molecule is Cc1nc2cc(Nc3cc(F)c(Br)cc3C)c(N)cc2s1. The minimum atomic E-state index is -0.313. The molecule has 3 nitrogen and oxygen atoms in total. The van der Waals surface area contributed by atoms with Crippen molar-refractivity contribution in [3.8, 4) is 0 Å². The Morgan fingerprint density at radius 1 is 1.19 bits per heavy atom. The van der Waals surface area contributed by atoms with Gasteiger partial charge in [0.15, 0.2) is 0 Å². The number of halogens is 2. The second-order valence-electron chi connectivity index (χ2n) is 4.85. The predicted octanol–water partition coefficient (Wildman–Crippen LogP) is 5.14. The quantitative estimate of drug-likeness (QED) is 0.618. The molecule has 0 fully saturated rings. The molecule has 3 N–H and O–H groups in total. The lowest BCUT2D eigenvalue weighted by atomic mass is 10.1. The van der Waals surface area contributed by atoms with Crippen LogP contribution in [0.25, 0.3) is 10.2 Å². The van der Waals surface area contributed by atoms with E-state index >= 15 is 0 Å². The Labute approximate surface area is 134 Å². The summed E-state index contributed by atoms with van der Waals surface area (Å²) in [4.78, 5) is 4.45. The smallest absolute Gasteiger partial charge is 0.139 e. The van der Waals surface area contributed by atoms with E-state index in [1.165, 1.54) is 6.07 Å². The average Bonchev–Trinajstić information content (AvgIpc) is 2.75. The number of anilines is 3. The molecule has 3 aromatic rings. The number of aromatic nitrogens is 1. The zero-order valence-corrected chi connectivity index (χ0v) is 13.9. The minimum absolute atomic E-state index is 0.313. The molecule has 21 heavy (non-hydrogen) atoms. The van der Waals surface area contributed by atoms with Crippen LogP contribution in [0.4, 0.5) is 21.5 Å². The van der Waals surface area contributed by atoms with Gasteiger partial charge in [-0.2, -0.15) is 0 Å². The number of nitrogen functional groups attached to an aromatic ring is 1. The van der Waals surface area contributed by atoms with E-state index in [2.05, 4.69) is 26.2 Å². The lowest BCUT2D eigenvalue weighted by molar-refractivity contribution is 0.621. The van der Waals surface area contributed by atoms with Crippen LogP contribution < -0.4 is 11.1 Å². The van der Waals surface area contributed by atoms with Gasteiger partial charge < -0.3 is 11.1 Å². The molecule has 108 valence electrons. The molecular formula is C15H13BrFN3S. The van der Waals surface area contributed by atoms with E-state index in [1.54, 1.807) is 17.4 Å². The standard InChI is InChI=1S/C15H13BrFN3S/c1-7-3-9(16)10(17)4-12(7)20-13-6-14-15(5-11(13)18)21-8(2)19-14/h3-6,20H,18H2,1-2H3. The number of aryl methyl sites for hydroxylation is 2. The number of fused-ring (bicyclic) bond motifs is 1. The second kappa shape index (κ2) is 5.27. The van der Waals surface area contributed by atoms with Crippen LogP contribution in [-0.2, 0) is 0 Å². The third kappa shape index (κ3) is 2.73. The monoisotopic (exact) mass is 365 g/mol. The van der Waals surface area contributed by atoms with Crippen molar-refractivity contribution in [1.29, 1.82) is 0 Å². The molecule has 0 atom stereocenters. The fourth-order valence-electron chi connectivity index (χ4n) is 2.14. The maximum absolute atomic E-state index is 13.7. The number of rotatable bonds is 2. The van der Waals surface area contributed by atoms with Gasteiger partial charge >= 0.3 is 0 Å². The molecule has 0 bridgehead atoms. The van der Waals surface area contributed by atoms with E-state index in [1.807, 2.05) is 26.0 Å². The Kier molecular flexibility index (Phi) is 3.59. The predicted molar refractivity (Wildman–Crippen MR) is 90.9 cm³/mol. The lowest BCUT2D eigenvalue weighted by Crippen LogP contribution is -1.99. The van der Waals surface area contributed by atoms with Gasteiger partial charge in [-0.3, -0.25) is 0 Å². The fraction of sp³-hybridized carbons (Fsp3) is 0.133. The first kappa shape index (κ1) is 14.3. The second-order valence-corrected chi connectivity index (χ2v) is 6.94. The highest BCUT2D eigenvalue weighted by Gasteiger charge is 2.10. The Bertz CT molecular complexity index is 845. The van der Waals surface area contributed by atoms with Crippen LogP contribution in [0.3, 0.4) is 0 Å². The number of nitrogens with one attached hydrogen (secondary N) is 1. The number of thiazole rings is 1. The summed E-state index contributed by atoms with van der Waals surface area (Å²) in [6.45, 7) is 3.87. The normalized spacial score (nSPS) is 11.0. The van der Waals surface area contributed by atoms with Gasteiger partial charge in [0, 0.05) is 5.69 Å². The Balaban J connectivity index is 2.05. The summed E-state index contributed by atoms with van der Waals surface area (Å²) in [6.07, 6.45) is 0. The number of nitrogens with zero attached hydrogens (tertiary/aromatic N) is 1. The van der Waals surface area contributed by atoms with Crippen molar-refractivity contribution in [2.75, 3.05) is 11.1 Å². The van der Waals surface area contributed by atoms with Gasteiger partial charge in [-0.25, -0.2) is 9.37 Å². The van der Waals surface area contributed by atoms with Crippen molar-refractivity contribution >= 4 is 54.5 Å². The van der Waals surface area contributed by atoms with Gasteiger partial charge in [-0.05, 0) is 59.6 Å². The molecule has 0 radical (unpaired) electrons. The van der Waals surface area contributed by atoms with Crippen LogP contribution in [0.5, 0.6) is 0 Å². The highest BCUT2D eigenvalue weighted by molar-refractivity contribution is 9.10. The van der Waals surface area contributed by atoms with Crippen molar-refractivity contribution in [3.63, 3.8) is 0 Å². The molecule has 0 aliphatic carbocycles. The number of benzene rings is 2. The molecule has 1 heterocycles. The summed E-state index contributed by atoms with van der Waals surface area (Å²) in [5, 5.41) is 4.18. The van der Waals surface area contributed by atoms with Crippen LogP contribution in [-0.4, -0.2) is 4.98 Å². The van der Waals surface area contributed by atoms with Gasteiger partial charge in [0.1, 0.15) is 5.82 Å². The van der Waals surface area contributed by atoms with E-state index in [0.29, 0.717) is 15.8 Å². The molecule has 3 rings (SSSR count). The summed E-state index contributed by atoms with van der Waals surface area (Å²) in [6, 6.07) is 6.98. The molecule has 0 aliphatic rings. The number of hydrogen-bond donors (Lipinski definition) is 2. The van der Waals surface area contributed by atoms with Gasteiger partial charge in [-0.1, -0.05) is 0 Å². The van der Waals surface area contributed by atoms with E-state index in [4.69, 9.17) is 5.73 Å². The highest BCUT2D eigenvalue weighted by Crippen LogP contribution is 2.33. The van der Waals surface area contributed by atoms with Crippen LogP contribution >= 0.6 is 27.3 Å². The molecule has 0 amide bonds. The maximum Gasteiger partial charge on any atom is 0.139 e. The van der Waals surface area contributed by atoms with E-state index in [-0.39, 0.29) is 5.82 Å². The van der Waals surface area contributed by atoms with Crippen molar-refractivity contribution in [3.05, 3.63) is 45.1 Å². The highest BCUT2D eigenvalue weighted by atomic mass is 79.9. The summed E-state index contributed by atoms with van der Waals surface area (Å²) in [7, 11) is 0. The van der Waals surface area contributed by atoms with Gasteiger partial charge in [-0.15, -0.1) is 11.3 Å². The molecule has 0 saturated heterocycles. The van der Waals surface area contributed by atoms with Crippen molar-refractivity contribution in [2.45, 2.75) is 13.8 Å². The maximum atomic E-state index is 13.7. The Morgan fingerprint density at radius 2 is 1.95 bits per heavy atom. The first-order chi connectivity index (χ1) is 9.94. The summed E-state index contributed by atoms with van der Waals surface area (Å²) in [5.74, 6) is -0.313. The van der Waals surface area contributed by atoms with Crippen molar-refractivity contribution in [1.82, 2.24) is 4.98 Å².